The van der Waals surface area contributed by atoms with Crippen LogP contribution < -0.4 is 10.0 Å². The van der Waals surface area contributed by atoms with Gasteiger partial charge in [-0.15, -0.1) is 0 Å². The van der Waals surface area contributed by atoms with Gasteiger partial charge in [-0.3, -0.25) is 4.72 Å². The number of sulfonamides is 1. The second-order valence-corrected chi connectivity index (χ2v) is 5.66. The van der Waals surface area contributed by atoms with Crippen molar-refractivity contribution in [3.05, 3.63) is 29.3 Å². The van der Waals surface area contributed by atoms with E-state index in [1.807, 2.05) is 0 Å². The van der Waals surface area contributed by atoms with Crippen LogP contribution in [0, 0.1) is 0 Å². The SMILES string of the molecule is CNCCCS(=O)(=O)Nc1ccc(Cl)cc1. The molecule has 0 aliphatic carbocycles. The first kappa shape index (κ1) is 13.3. The zero-order valence-corrected chi connectivity index (χ0v) is 10.6. The van der Waals surface area contributed by atoms with Gasteiger partial charge in [0.25, 0.3) is 0 Å². The molecule has 0 aromatic heterocycles. The van der Waals surface area contributed by atoms with Crippen molar-refractivity contribution in [1.82, 2.24) is 5.32 Å². The molecule has 0 unspecified atom stereocenters. The number of benzene rings is 1. The van der Waals surface area contributed by atoms with Crippen LogP contribution in [0.5, 0.6) is 0 Å². The van der Waals surface area contributed by atoms with Gasteiger partial charge >= 0.3 is 0 Å². The number of halogens is 1. The maximum Gasteiger partial charge on any atom is 0.232 e. The molecule has 0 aliphatic rings. The molecule has 0 spiro atoms. The van der Waals surface area contributed by atoms with Gasteiger partial charge in [0, 0.05) is 10.7 Å². The summed E-state index contributed by atoms with van der Waals surface area (Å²) in [4.78, 5) is 0. The molecular formula is C10H15ClN2O2S. The topological polar surface area (TPSA) is 58.2 Å². The fraction of sp³-hybridized carbons (Fsp3) is 0.400. The molecule has 0 saturated heterocycles. The van der Waals surface area contributed by atoms with E-state index in [0.717, 1.165) is 0 Å². The molecule has 16 heavy (non-hydrogen) atoms. The molecule has 0 amide bonds. The summed E-state index contributed by atoms with van der Waals surface area (Å²) in [7, 11) is -1.46. The van der Waals surface area contributed by atoms with Crippen molar-refractivity contribution in [2.24, 2.45) is 0 Å². The molecule has 0 aliphatic heterocycles. The van der Waals surface area contributed by atoms with E-state index < -0.39 is 10.0 Å². The van der Waals surface area contributed by atoms with Gasteiger partial charge in [-0.25, -0.2) is 8.42 Å². The summed E-state index contributed by atoms with van der Waals surface area (Å²) < 4.78 is 25.7. The molecule has 0 fully saturated rings. The van der Waals surface area contributed by atoms with Gasteiger partial charge in [0.05, 0.1) is 5.75 Å². The predicted octanol–water partition coefficient (Wildman–Crippen LogP) is 1.69. The predicted molar refractivity (Wildman–Crippen MR) is 67.4 cm³/mol. The highest BCUT2D eigenvalue weighted by Gasteiger charge is 2.09. The lowest BCUT2D eigenvalue weighted by atomic mass is 10.3. The Labute approximate surface area is 101 Å². The van der Waals surface area contributed by atoms with Gasteiger partial charge in [-0.2, -0.15) is 0 Å². The molecule has 0 heterocycles. The Morgan fingerprint density at radius 1 is 1.25 bits per heavy atom. The molecule has 0 bridgehead atoms. The van der Waals surface area contributed by atoms with Crippen LogP contribution in [0.3, 0.4) is 0 Å². The molecule has 0 saturated carbocycles. The van der Waals surface area contributed by atoms with Crippen LogP contribution in [0.4, 0.5) is 5.69 Å². The quantitative estimate of drug-likeness (QED) is 0.767. The van der Waals surface area contributed by atoms with Gasteiger partial charge < -0.3 is 5.32 Å². The minimum atomic E-state index is -3.25. The van der Waals surface area contributed by atoms with Gasteiger partial charge in [-0.05, 0) is 44.3 Å². The Hall–Kier alpha value is -0.780. The van der Waals surface area contributed by atoms with Crippen LogP contribution >= 0.6 is 11.6 Å². The lowest BCUT2D eigenvalue weighted by molar-refractivity contribution is 0.597. The average molecular weight is 263 g/mol. The first-order chi connectivity index (χ1) is 7.53. The Morgan fingerprint density at radius 2 is 1.88 bits per heavy atom. The van der Waals surface area contributed by atoms with Gasteiger partial charge in [-0.1, -0.05) is 11.6 Å². The number of nitrogens with one attached hydrogen (secondary N) is 2. The highest BCUT2D eigenvalue weighted by molar-refractivity contribution is 7.92. The summed E-state index contributed by atoms with van der Waals surface area (Å²) in [6, 6.07) is 6.57. The van der Waals surface area contributed by atoms with E-state index in [1.54, 1.807) is 31.3 Å². The smallest absolute Gasteiger partial charge is 0.232 e. The first-order valence-electron chi connectivity index (χ1n) is 4.94. The monoisotopic (exact) mass is 262 g/mol. The third-order valence-corrected chi connectivity index (χ3v) is 3.58. The normalized spacial score (nSPS) is 11.4. The Bertz CT molecular complexity index is 417. The fourth-order valence-electron chi connectivity index (χ4n) is 1.19. The summed E-state index contributed by atoms with van der Waals surface area (Å²) in [5.41, 5.74) is 0.536. The van der Waals surface area contributed by atoms with Crippen molar-refractivity contribution < 1.29 is 8.42 Å². The summed E-state index contributed by atoms with van der Waals surface area (Å²) in [5, 5.41) is 3.48. The van der Waals surface area contributed by atoms with Gasteiger partial charge in [0.1, 0.15) is 0 Å². The number of rotatable bonds is 6. The molecule has 2 N–H and O–H groups in total. The molecule has 0 radical (unpaired) electrons. The molecule has 90 valence electrons. The van der Waals surface area contributed by atoms with E-state index in [4.69, 9.17) is 11.6 Å². The standard InChI is InChI=1S/C10H15ClN2O2S/c1-12-7-2-8-16(14,15)13-10-5-3-9(11)4-6-10/h3-6,12-13H,2,7-8H2,1H3. The Balaban J connectivity index is 2.55. The largest absolute Gasteiger partial charge is 0.320 e. The van der Waals surface area contributed by atoms with Crippen LogP contribution in [-0.4, -0.2) is 27.8 Å². The lowest BCUT2D eigenvalue weighted by Gasteiger charge is -2.07. The summed E-state index contributed by atoms with van der Waals surface area (Å²) in [5.74, 6) is 0.108. The molecule has 0 atom stereocenters. The van der Waals surface area contributed by atoms with Crippen molar-refractivity contribution in [3.63, 3.8) is 0 Å². The molecule has 4 nitrogen and oxygen atoms in total. The van der Waals surface area contributed by atoms with E-state index in [9.17, 15) is 8.42 Å². The highest BCUT2D eigenvalue weighted by atomic mass is 35.5. The first-order valence-corrected chi connectivity index (χ1v) is 6.97. The van der Waals surface area contributed by atoms with Crippen LogP contribution in [0.1, 0.15) is 6.42 Å². The highest BCUT2D eigenvalue weighted by Crippen LogP contribution is 2.14. The minimum absolute atomic E-state index is 0.108. The van der Waals surface area contributed by atoms with Crippen molar-refractivity contribution in [3.8, 4) is 0 Å². The summed E-state index contributed by atoms with van der Waals surface area (Å²) in [6.07, 6.45) is 0.583. The zero-order chi connectivity index (χ0) is 12.0. The minimum Gasteiger partial charge on any atom is -0.320 e. The average Bonchev–Trinajstić information content (AvgIpc) is 2.21. The Kier molecular flexibility index (Phi) is 5.05. The third kappa shape index (κ3) is 4.83. The van der Waals surface area contributed by atoms with Crippen LogP contribution in [0.15, 0.2) is 24.3 Å². The number of hydrogen-bond acceptors (Lipinski definition) is 3. The number of hydrogen-bond donors (Lipinski definition) is 2. The molecule has 1 rings (SSSR count). The van der Waals surface area contributed by atoms with E-state index in [1.165, 1.54) is 0 Å². The molecule has 1 aromatic carbocycles. The number of anilines is 1. The maximum absolute atomic E-state index is 11.6. The Morgan fingerprint density at radius 3 is 2.44 bits per heavy atom. The fourth-order valence-corrected chi connectivity index (χ4v) is 2.44. The van der Waals surface area contributed by atoms with Crippen LogP contribution in [-0.2, 0) is 10.0 Å². The summed E-state index contributed by atoms with van der Waals surface area (Å²) >= 11 is 5.70. The second kappa shape index (κ2) is 6.08. The van der Waals surface area contributed by atoms with Gasteiger partial charge in [0.15, 0.2) is 0 Å². The van der Waals surface area contributed by atoms with Crippen molar-refractivity contribution in [2.75, 3.05) is 24.1 Å². The van der Waals surface area contributed by atoms with Gasteiger partial charge in [0.2, 0.25) is 10.0 Å². The lowest BCUT2D eigenvalue weighted by Crippen LogP contribution is -2.20. The second-order valence-electron chi connectivity index (χ2n) is 3.38. The van der Waals surface area contributed by atoms with Crippen molar-refractivity contribution in [2.45, 2.75) is 6.42 Å². The van der Waals surface area contributed by atoms with E-state index in [-0.39, 0.29) is 5.75 Å². The summed E-state index contributed by atoms with van der Waals surface area (Å²) in [6.45, 7) is 0.682. The molecule has 6 heteroatoms. The van der Waals surface area contributed by atoms with Crippen LogP contribution in [0.2, 0.25) is 5.02 Å². The third-order valence-electron chi connectivity index (χ3n) is 1.96. The van der Waals surface area contributed by atoms with Crippen molar-refractivity contribution >= 4 is 27.3 Å². The zero-order valence-electron chi connectivity index (χ0n) is 9.03. The maximum atomic E-state index is 11.6. The van der Waals surface area contributed by atoms with E-state index in [2.05, 4.69) is 10.0 Å². The molecular weight excluding hydrogens is 248 g/mol. The van der Waals surface area contributed by atoms with Crippen molar-refractivity contribution in [1.29, 1.82) is 0 Å². The van der Waals surface area contributed by atoms with E-state index in [0.29, 0.717) is 23.7 Å². The van der Waals surface area contributed by atoms with Crippen LogP contribution in [0.25, 0.3) is 0 Å². The van der Waals surface area contributed by atoms with E-state index >= 15 is 0 Å². The molecule has 1 aromatic rings.